The maximum atomic E-state index is 10.6. The Kier molecular flexibility index (Phi) is 5.84. The van der Waals surface area contributed by atoms with Crippen LogP contribution in [-0.2, 0) is 4.74 Å². The Bertz CT molecular complexity index is 701. The number of aliphatic hydroxyl groups is 1. The first-order chi connectivity index (χ1) is 13.8. The maximum Gasteiger partial charge on any atom is 0.142 e. The van der Waals surface area contributed by atoms with Gasteiger partial charge in [0.25, 0.3) is 0 Å². The predicted molar refractivity (Wildman–Crippen MR) is 117 cm³/mol. The van der Waals surface area contributed by atoms with Crippen LogP contribution in [0.15, 0.2) is 24.3 Å². The van der Waals surface area contributed by atoms with Gasteiger partial charge in [-0.15, -0.1) is 0 Å². The van der Waals surface area contributed by atoms with Crippen molar-refractivity contribution in [2.45, 2.75) is 52.2 Å². The van der Waals surface area contributed by atoms with Gasteiger partial charge in [0.1, 0.15) is 5.75 Å². The molecule has 0 aromatic heterocycles. The molecule has 1 N–H and O–H groups in total. The highest BCUT2D eigenvalue weighted by Crippen LogP contribution is 2.66. The van der Waals surface area contributed by atoms with Crippen molar-refractivity contribution in [1.29, 1.82) is 0 Å². The maximum absolute atomic E-state index is 10.6. The van der Waals surface area contributed by atoms with Gasteiger partial charge in [-0.3, -0.25) is 4.90 Å². The van der Waals surface area contributed by atoms with Gasteiger partial charge in [0.2, 0.25) is 0 Å². The van der Waals surface area contributed by atoms with E-state index < -0.39 is 6.10 Å². The molecule has 1 heterocycles. The molecule has 0 amide bonds. The predicted octanol–water partition coefficient (Wildman–Crippen LogP) is 3.41. The monoisotopic (exact) mass is 402 g/mol. The van der Waals surface area contributed by atoms with Crippen molar-refractivity contribution >= 4 is 5.69 Å². The zero-order valence-electron chi connectivity index (χ0n) is 18.6. The molecule has 2 bridgehead atoms. The summed E-state index contributed by atoms with van der Waals surface area (Å²) in [5.74, 6) is 1.70. The highest BCUT2D eigenvalue weighted by atomic mass is 16.5. The van der Waals surface area contributed by atoms with Crippen LogP contribution in [-0.4, -0.2) is 68.7 Å². The fourth-order valence-electron chi connectivity index (χ4n) is 6.02. The molecular formula is C24H38N2O3. The number of β-amino-alcohol motifs (C(OH)–C–C–N with tert-alkyl or cyclic N) is 1. The van der Waals surface area contributed by atoms with Gasteiger partial charge in [-0.1, -0.05) is 32.9 Å². The molecule has 1 aliphatic heterocycles. The lowest BCUT2D eigenvalue weighted by Crippen LogP contribution is -2.49. The minimum Gasteiger partial charge on any atom is -0.495 e. The van der Waals surface area contributed by atoms with Crippen LogP contribution in [0.4, 0.5) is 5.69 Å². The number of hydrogen-bond donors (Lipinski definition) is 1. The first-order valence-corrected chi connectivity index (χ1v) is 11.2. The van der Waals surface area contributed by atoms with Crippen LogP contribution in [0.3, 0.4) is 0 Å². The summed E-state index contributed by atoms with van der Waals surface area (Å²) in [5.41, 5.74) is 1.78. The highest BCUT2D eigenvalue weighted by Gasteiger charge is 2.61. The van der Waals surface area contributed by atoms with Gasteiger partial charge in [0.15, 0.2) is 0 Å². The molecule has 2 saturated carbocycles. The van der Waals surface area contributed by atoms with Crippen LogP contribution in [0.5, 0.6) is 5.75 Å². The van der Waals surface area contributed by atoms with Gasteiger partial charge in [0.05, 0.1) is 31.6 Å². The van der Waals surface area contributed by atoms with Crippen LogP contribution in [0.1, 0.15) is 40.0 Å². The van der Waals surface area contributed by atoms with Crippen LogP contribution >= 0.6 is 0 Å². The third-order valence-electron chi connectivity index (χ3n) is 8.47. The van der Waals surface area contributed by atoms with Crippen molar-refractivity contribution in [1.82, 2.24) is 4.90 Å². The Morgan fingerprint density at radius 3 is 2.48 bits per heavy atom. The number of methoxy groups -OCH3 is 1. The lowest BCUT2D eigenvalue weighted by atomic mass is 9.70. The number of fused-ring (bicyclic) bond motifs is 2. The Balaban J connectivity index is 1.23. The largest absolute Gasteiger partial charge is 0.495 e. The second kappa shape index (κ2) is 8.09. The minimum atomic E-state index is -0.418. The van der Waals surface area contributed by atoms with Gasteiger partial charge < -0.3 is 19.5 Å². The molecule has 4 rings (SSSR count). The smallest absolute Gasteiger partial charge is 0.142 e. The van der Waals surface area contributed by atoms with Crippen LogP contribution in [0.2, 0.25) is 0 Å². The molecule has 0 unspecified atom stereocenters. The summed E-state index contributed by atoms with van der Waals surface area (Å²) < 4.78 is 11.8. The lowest BCUT2D eigenvalue weighted by Gasteiger charge is -2.40. The average molecular weight is 403 g/mol. The lowest BCUT2D eigenvalue weighted by molar-refractivity contribution is -0.0794. The Morgan fingerprint density at radius 1 is 1.14 bits per heavy atom. The van der Waals surface area contributed by atoms with Crippen LogP contribution in [0, 0.1) is 16.7 Å². The average Bonchev–Trinajstić information content (AvgIpc) is 3.06. The SMILES string of the molecule is COc1ccccc1N1CCN(C[C@H](O)CO[C@@H]2C[C@H]3CC[C@@]2(C)C3(C)C)CC1. The molecule has 5 nitrogen and oxygen atoms in total. The van der Waals surface area contributed by atoms with E-state index in [1.54, 1.807) is 7.11 Å². The van der Waals surface area contributed by atoms with Gasteiger partial charge >= 0.3 is 0 Å². The number of anilines is 1. The summed E-state index contributed by atoms with van der Waals surface area (Å²) >= 11 is 0. The van der Waals surface area contributed by atoms with Crippen LogP contribution in [0.25, 0.3) is 0 Å². The summed E-state index contributed by atoms with van der Waals surface area (Å²) in [6, 6.07) is 8.20. The second-order valence-corrected chi connectivity index (χ2v) is 10.0. The summed E-state index contributed by atoms with van der Waals surface area (Å²) in [4.78, 5) is 4.72. The summed E-state index contributed by atoms with van der Waals surface area (Å²) in [6.07, 6.45) is 3.64. The van der Waals surface area contributed by atoms with E-state index in [1.807, 2.05) is 12.1 Å². The first kappa shape index (κ1) is 21.0. The number of nitrogens with zero attached hydrogens (tertiary/aromatic N) is 2. The van der Waals surface area contributed by atoms with E-state index in [9.17, 15) is 5.11 Å². The van der Waals surface area contributed by atoms with Crippen molar-refractivity contribution in [3.05, 3.63) is 24.3 Å². The molecule has 29 heavy (non-hydrogen) atoms. The third kappa shape index (κ3) is 3.77. The standard InChI is InChI=1S/C24H38N2O3/c1-23(2)18-9-10-24(23,3)22(15-18)29-17-19(27)16-25-11-13-26(14-12-25)20-7-5-6-8-21(20)28-4/h5-8,18-19,22,27H,9-17H2,1-4H3/t18-,19+,22-,24-/m1/s1. The van der Waals surface area contributed by atoms with E-state index in [-0.39, 0.29) is 5.41 Å². The first-order valence-electron chi connectivity index (χ1n) is 11.2. The number of rotatable bonds is 7. The van der Waals surface area contributed by atoms with E-state index in [1.165, 1.54) is 12.8 Å². The fraction of sp³-hybridized carbons (Fsp3) is 0.750. The topological polar surface area (TPSA) is 45.2 Å². The van der Waals surface area contributed by atoms with E-state index in [0.717, 1.165) is 50.0 Å². The Labute approximate surface area is 176 Å². The van der Waals surface area contributed by atoms with Gasteiger partial charge in [-0.25, -0.2) is 0 Å². The molecule has 3 aliphatic rings. The highest BCUT2D eigenvalue weighted by molar-refractivity contribution is 5.58. The van der Waals surface area contributed by atoms with Crippen molar-refractivity contribution in [3.63, 3.8) is 0 Å². The van der Waals surface area contributed by atoms with Crippen molar-refractivity contribution < 1.29 is 14.6 Å². The molecule has 1 aromatic carbocycles. The third-order valence-corrected chi connectivity index (χ3v) is 8.47. The normalized spacial score (nSPS) is 32.5. The zero-order chi connectivity index (χ0) is 20.6. The fourth-order valence-corrected chi connectivity index (χ4v) is 6.02. The molecule has 2 aliphatic carbocycles. The van der Waals surface area contributed by atoms with E-state index in [2.05, 4.69) is 42.7 Å². The number of ether oxygens (including phenoxy) is 2. The van der Waals surface area contributed by atoms with Gasteiger partial charge in [-0.05, 0) is 48.1 Å². The minimum absolute atomic E-state index is 0.262. The molecule has 162 valence electrons. The number of hydrogen-bond acceptors (Lipinski definition) is 5. The van der Waals surface area contributed by atoms with E-state index >= 15 is 0 Å². The Morgan fingerprint density at radius 2 is 1.86 bits per heavy atom. The van der Waals surface area contributed by atoms with Crippen LogP contribution < -0.4 is 9.64 Å². The number of benzene rings is 1. The molecule has 0 radical (unpaired) electrons. The number of para-hydroxylation sites is 2. The quantitative estimate of drug-likeness (QED) is 0.757. The van der Waals surface area contributed by atoms with Gasteiger partial charge in [0, 0.05) is 32.7 Å². The van der Waals surface area contributed by atoms with E-state index in [4.69, 9.17) is 9.47 Å². The summed E-state index contributed by atoms with van der Waals surface area (Å²) in [5, 5.41) is 10.6. The van der Waals surface area contributed by atoms with Gasteiger partial charge in [-0.2, -0.15) is 0 Å². The number of aliphatic hydroxyl groups excluding tert-OH is 1. The molecule has 0 spiro atoms. The second-order valence-electron chi connectivity index (χ2n) is 10.0. The van der Waals surface area contributed by atoms with Crippen molar-refractivity contribution in [2.75, 3.05) is 51.3 Å². The molecule has 1 aromatic rings. The molecule has 1 saturated heterocycles. The van der Waals surface area contributed by atoms with Crippen molar-refractivity contribution in [2.24, 2.45) is 16.7 Å². The van der Waals surface area contributed by atoms with Crippen molar-refractivity contribution in [3.8, 4) is 5.75 Å². The molecule has 4 atom stereocenters. The molecular weight excluding hydrogens is 364 g/mol. The van der Waals surface area contributed by atoms with E-state index in [0.29, 0.717) is 24.7 Å². The molecule has 5 heteroatoms. The summed E-state index contributed by atoms with van der Waals surface area (Å²) in [7, 11) is 1.73. The Hall–Kier alpha value is -1.30. The molecule has 3 fully saturated rings. The summed E-state index contributed by atoms with van der Waals surface area (Å²) in [6.45, 7) is 12.2. The number of piperazine rings is 1. The zero-order valence-corrected chi connectivity index (χ0v) is 18.6.